The van der Waals surface area contributed by atoms with Crippen LogP contribution in [0.1, 0.15) is 153 Å². The topological polar surface area (TPSA) is 335 Å². The molecule has 0 heterocycles. The van der Waals surface area contributed by atoms with E-state index in [1.54, 1.807) is 43.3 Å². The van der Waals surface area contributed by atoms with Crippen molar-refractivity contribution < 1.29 is 153 Å². The number of benzene rings is 2. The summed E-state index contributed by atoms with van der Waals surface area (Å²) in [4.78, 5) is 87.0. The Morgan fingerprint density at radius 1 is 0.473 bits per heavy atom. The Balaban J connectivity index is 0.00000109. The minimum absolute atomic E-state index is 0. The van der Waals surface area contributed by atoms with Crippen LogP contribution in [-0.4, -0.2) is 142 Å². The van der Waals surface area contributed by atoms with Gasteiger partial charge in [0.1, 0.15) is 0 Å². The van der Waals surface area contributed by atoms with Crippen molar-refractivity contribution in [2.45, 2.75) is 166 Å². The van der Waals surface area contributed by atoms with Gasteiger partial charge < -0.3 is 51.3 Å². The number of carbonyl (C=O) groups excluding carboxylic acids is 7. The maximum absolute atomic E-state index is 12.1. The summed E-state index contributed by atoms with van der Waals surface area (Å²) >= 11 is 5.38. The average molecular weight is 1470 g/mol. The van der Waals surface area contributed by atoms with Gasteiger partial charge in [-0.05, 0) is 197 Å². The van der Waals surface area contributed by atoms with Gasteiger partial charge in [0.2, 0.25) is 9.05 Å². The Morgan fingerprint density at radius 2 is 0.753 bits per heavy atom. The van der Waals surface area contributed by atoms with Gasteiger partial charge in [0, 0.05) is 45.8 Å². The average Bonchev–Trinajstić information content (AvgIpc) is 1.70. The Morgan fingerprint density at radius 3 is 1.03 bits per heavy atom. The smallest absolute Gasteiger partial charge is 0.742 e. The van der Waals surface area contributed by atoms with E-state index >= 15 is 0 Å². The van der Waals surface area contributed by atoms with Crippen LogP contribution >= 0.6 is 33.1 Å². The fourth-order valence-corrected chi connectivity index (χ4v) is 14.8. The molecule has 0 radical (unpaired) electrons. The van der Waals surface area contributed by atoms with Gasteiger partial charge in [-0.1, -0.05) is 47.2 Å². The number of carboxylic acid groups (broad SMARTS) is 1. The molecule has 0 aromatic heterocycles. The van der Waals surface area contributed by atoms with Gasteiger partial charge in [-0.3, -0.25) is 37.7 Å². The second-order valence-electron chi connectivity index (χ2n) is 23.4. The van der Waals surface area contributed by atoms with E-state index in [4.69, 9.17) is 45.2 Å². The molecule has 22 nitrogen and oxygen atoms in total. The van der Waals surface area contributed by atoms with Crippen LogP contribution in [0.2, 0.25) is 0 Å². The number of thioether (sulfide) groups is 1. The molecule has 0 spiro atoms. The first kappa shape index (κ1) is 90.2. The number of carbonyl (C=O) groups is 8. The maximum atomic E-state index is 12.1. The van der Waals surface area contributed by atoms with Crippen molar-refractivity contribution in [3.8, 4) is 0 Å². The van der Waals surface area contributed by atoms with Crippen LogP contribution in [-0.2, 0) is 107 Å². The second-order valence-corrected chi connectivity index (χ2v) is 32.1. The van der Waals surface area contributed by atoms with Crippen molar-refractivity contribution in [1.29, 1.82) is 0 Å². The minimum Gasteiger partial charge on any atom is -0.742 e. The van der Waals surface area contributed by atoms with Crippen LogP contribution in [0, 0.1) is 73.0 Å². The number of rotatable bonds is 16. The number of halogens is 2. The van der Waals surface area contributed by atoms with Crippen LogP contribution in [0.15, 0.2) is 58.3 Å². The van der Waals surface area contributed by atoms with Crippen LogP contribution in [0.25, 0.3) is 0 Å². The molecule has 0 amide bonds. The van der Waals surface area contributed by atoms with Crippen molar-refractivity contribution in [2.24, 2.45) is 59.2 Å². The molecule has 7 rings (SSSR count). The van der Waals surface area contributed by atoms with Gasteiger partial charge in [0.05, 0.1) is 93.2 Å². The number of esters is 5. The van der Waals surface area contributed by atoms with E-state index in [1.165, 1.54) is 66.4 Å². The molecule has 0 unspecified atom stereocenters. The number of ether oxygens (including phenoxy) is 5. The number of aliphatic hydroxyl groups excluding tert-OH is 1. The number of hydrogen-bond acceptors (Lipinski definition) is 23. The summed E-state index contributed by atoms with van der Waals surface area (Å²) in [5, 5.41) is 17.5. The second kappa shape index (κ2) is 48.0. The summed E-state index contributed by atoms with van der Waals surface area (Å²) < 4.78 is 95.9. The predicted molar refractivity (Wildman–Crippen MR) is 351 cm³/mol. The van der Waals surface area contributed by atoms with Crippen LogP contribution in [0.3, 0.4) is 0 Å². The monoisotopic (exact) mass is 1470 g/mol. The maximum Gasteiger partial charge on any atom is 1.00 e. The number of carboxylic acids is 1. The zero-order valence-electron chi connectivity index (χ0n) is 55.2. The Bertz CT molecular complexity index is 2910. The summed E-state index contributed by atoms with van der Waals surface area (Å²) in [6, 6.07) is 13.0. The van der Waals surface area contributed by atoms with E-state index in [0.717, 1.165) is 107 Å². The van der Waals surface area contributed by atoms with E-state index in [9.17, 15) is 63.6 Å². The zero-order valence-corrected chi connectivity index (χ0v) is 63.9. The molecular weight excluding hydrogens is 1380 g/mol. The van der Waals surface area contributed by atoms with Crippen molar-refractivity contribution in [1.82, 2.24) is 0 Å². The molecule has 2 aromatic carbocycles. The zero-order chi connectivity index (χ0) is 69.8. The largest absolute Gasteiger partial charge is 1.00 e. The van der Waals surface area contributed by atoms with Crippen molar-refractivity contribution >= 4 is 120 Å². The molecule has 93 heavy (non-hydrogen) atoms. The number of methoxy groups -OCH3 is 5. The number of aliphatic hydroxyl groups is 1. The summed E-state index contributed by atoms with van der Waals surface area (Å²) in [7, 11) is 6.60. The summed E-state index contributed by atoms with van der Waals surface area (Å²) in [5.41, 5.74) is 2.01. The molecule has 5 aliphatic rings. The van der Waals surface area contributed by atoms with Gasteiger partial charge in [-0.25, -0.2) is 16.8 Å². The fourth-order valence-electron chi connectivity index (χ4n) is 10.9. The van der Waals surface area contributed by atoms with E-state index in [1.807, 2.05) is 13.8 Å². The number of aliphatic carboxylic acids is 1. The Hall–Kier alpha value is -2.84. The first-order valence-corrected chi connectivity index (χ1v) is 38.2. The van der Waals surface area contributed by atoms with E-state index in [0.29, 0.717) is 50.4 Å². The first-order chi connectivity index (χ1) is 43.1. The van der Waals surface area contributed by atoms with E-state index < -0.39 is 34.2 Å². The third kappa shape index (κ3) is 39.4. The minimum atomic E-state index is -3.70. The number of aryl methyl sites for hydroxylation is 2. The molecule has 2 N–H and O–H groups in total. The molecule has 5 fully saturated rings. The molecule has 5 saturated carbocycles. The van der Waals surface area contributed by atoms with E-state index in [2.05, 4.69) is 26.8 Å². The van der Waals surface area contributed by atoms with Gasteiger partial charge in [-0.2, -0.15) is 8.42 Å². The molecule has 524 valence electrons. The Labute approximate surface area is 612 Å². The van der Waals surface area contributed by atoms with E-state index in [-0.39, 0.29) is 168 Å². The van der Waals surface area contributed by atoms with Crippen molar-refractivity contribution in [3.05, 3.63) is 59.7 Å². The molecule has 0 atom stereocenters. The molecule has 0 aliphatic heterocycles. The van der Waals surface area contributed by atoms with Gasteiger partial charge in [0.15, 0.2) is 5.12 Å². The molecule has 5 aliphatic carbocycles. The summed E-state index contributed by atoms with van der Waals surface area (Å²) in [6.45, 7) is 7.15. The quantitative estimate of drug-likeness (QED) is 0.0411. The van der Waals surface area contributed by atoms with Crippen molar-refractivity contribution in [2.75, 3.05) is 60.3 Å². The van der Waals surface area contributed by atoms with Crippen LogP contribution < -0.4 is 51.4 Å². The van der Waals surface area contributed by atoms with Crippen molar-refractivity contribution in [3.63, 3.8) is 0 Å². The predicted octanol–water partition coefficient (Wildman–Crippen LogP) is 7.47. The molecule has 0 bridgehead atoms. The normalized spacial score (nSPS) is 23.3. The van der Waals surface area contributed by atoms with Gasteiger partial charge in [0.25, 0.3) is 19.2 Å². The molecule has 30 heteroatoms. The van der Waals surface area contributed by atoms with Crippen LogP contribution in [0.4, 0.5) is 0 Å². The van der Waals surface area contributed by atoms with Gasteiger partial charge >= 0.3 is 87.2 Å². The third-order valence-electron chi connectivity index (χ3n) is 16.4. The Kier molecular flexibility index (Phi) is 46.5. The third-order valence-corrected chi connectivity index (χ3v) is 21.4. The molecule has 2 aromatic rings. The fraction of sp³-hybridized carbons (Fsp3) is 0.683. The van der Waals surface area contributed by atoms with Crippen LogP contribution in [0.5, 0.6) is 0 Å². The molecular formula is C63H95Cl2KO22S5. The number of hydrogen-bond donors (Lipinski definition) is 2. The summed E-state index contributed by atoms with van der Waals surface area (Å²) in [6.07, 6.45) is 15.9. The van der Waals surface area contributed by atoms with Gasteiger partial charge in [-0.15, -0.1) is 0 Å². The molecule has 0 saturated heterocycles. The SMILES string of the molecule is CC(=O)[S-].COC(=O)C1CCC(C(=O)O)CC1.COC(=O)C1CCC(CO)CC1.COC(=O)C1CCC(COS(=O)(=O)c2ccc(C)cc2)CC1.COC(=O)C1CCC(CS(=O)(=O)Cl)CC1.COC(=O)C1CCC(CSC(C)=O)CC1.Cc1ccc(S(=O)(=O)Cl)cc1.[K+]. The standard InChI is InChI=1S/C16H22O5S.C11H18O3S.C9H15ClO4S.C9H14O4.C9H16O3.C7H7ClO2S.C2H4OS.K/c1-12-3-9-15(10-4-12)22(18,19)21-11-13-5-7-14(8-6-13)16(17)20-2;1-8(12)15-7-9-3-5-10(6-4-9)11(13)14-2;1-14-9(11)8-4-2-7(3-5-8)6-15(10,12)13;1-13-9(12)7-4-2-6(3-5-7)8(10)11;1-12-9(11)8-4-2-7(6-10)3-5-8;1-6-2-4-7(5-3-6)11(8,9)10;1-2(3)4;/h3-4,9-10,13-14H,5-8,11H2,1-2H3;9-10H,3-7H2,1-2H3;7-8H,2-6H2,1H3;6-7H,2-5H2,1H3,(H,10,11);7-8,10H,2-6H2,1H3;2-5H,1H3;1H3,(H,3,4);/q;;;;;;;+1/p-1. The summed E-state index contributed by atoms with van der Waals surface area (Å²) in [5.74, 6) is 0.401. The first-order valence-electron chi connectivity index (χ1n) is 30.6.